The number of nitrogens with zero attached hydrogens (tertiary/aromatic N) is 1. The summed E-state index contributed by atoms with van der Waals surface area (Å²) in [4.78, 5) is 14.0. The number of amides is 1. The van der Waals surface area contributed by atoms with Crippen molar-refractivity contribution >= 4 is 17.7 Å². The number of halogens is 3. The van der Waals surface area contributed by atoms with Crippen LogP contribution in [0.3, 0.4) is 0 Å². The van der Waals surface area contributed by atoms with E-state index >= 15 is 0 Å². The molecule has 0 saturated carbocycles. The Morgan fingerprint density at radius 1 is 1.14 bits per heavy atom. The van der Waals surface area contributed by atoms with Gasteiger partial charge < -0.3 is 19.1 Å². The Morgan fingerprint density at radius 2 is 1.96 bits per heavy atom. The summed E-state index contributed by atoms with van der Waals surface area (Å²) in [5.74, 6) is 1.32. The van der Waals surface area contributed by atoms with Crippen molar-refractivity contribution in [1.82, 2.24) is 4.90 Å². The fourth-order valence-electron chi connectivity index (χ4n) is 3.18. The van der Waals surface area contributed by atoms with Gasteiger partial charge in [0.05, 0.1) is 5.75 Å². The third-order valence-electron chi connectivity index (χ3n) is 4.42. The molecule has 1 atom stereocenters. The Hall–Kier alpha value is -2.55. The van der Waals surface area contributed by atoms with E-state index in [2.05, 4.69) is 4.74 Å². The SMILES string of the molecule is O=C1CSC(c2cccc(OC(F)(F)F)c2)N1CCc1ccc2c(c1)OCO2. The highest BCUT2D eigenvalue weighted by molar-refractivity contribution is 8.00. The second kappa shape index (κ2) is 7.46. The largest absolute Gasteiger partial charge is 0.573 e. The average Bonchev–Trinajstić information content (AvgIpc) is 3.24. The smallest absolute Gasteiger partial charge is 0.454 e. The van der Waals surface area contributed by atoms with Gasteiger partial charge >= 0.3 is 6.36 Å². The summed E-state index contributed by atoms with van der Waals surface area (Å²) in [6.45, 7) is 0.638. The second-order valence-corrected chi connectivity index (χ2v) is 7.38. The van der Waals surface area contributed by atoms with E-state index in [0.29, 0.717) is 30.0 Å². The predicted molar refractivity (Wildman–Crippen MR) is 96.3 cm³/mol. The van der Waals surface area contributed by atoms with Gasteiger partial charge in [-0.25, -0.2) is 0 Å². The molecule has 28 heavy (non-hydrogen) atoms. The van der Waals surface area contributed by atoms with Crippen molar-refractivity contribution in [3.8, 4) is 17.2 Å². The van der Waals surface area contributed by atoms with Crippen LogP contribution < -0.4 is 14.2 Å². The van der Waals surface area contributed by atoms with Gasteiger partial charge in [-0.3, -0.25) is 4.79 Å². The lowest BCUT2D eigenvalue weighted by Crippen LogP contribution is -2.30. The molecule has 0 spiro atoms. The molecule has 0 aromatic heterocycles. The molecule has 2 aliphatic heterocycles. The first kappa shape index (κ1) is 18.8. The number of benzene rings is 2. The molecule has 148 valence electrons. The quantitative estimate of drug-likeness (QED) is 0.741. The number of rotatable bonds is 5. The number of fused-ring (bicyclic) bond motifs is 1. The minimum atomic E-state index is -4.75. The number of carbonyl (C=O) groups excluding carboxylic acids is 1. The zero-order valence-corrected chi connectivity index (χ0v) is 15.4. The zero-order chi connectivity index (χ0) is 19.7. The lowest BCUT2D eigenvalue weighted by Gasteiger charge is -2.24. The number of hydrogen-bond donors (Lipinski definition) is 0. The molecule has 0 bridgehead atoms. The Kier molecular flexibility index (Phi) is 5.01. The highest BCUT2D eigenvalue weighted by Gasteiger charge is 2.34. The third kappa shape index (κ3) is 4.14. The number of thioether (sulfide) groups is 1. The first-order valence-electron chi connectivity index (χ1n) is 8.54. The van der Waals surface area contributed by atoms with Crippen LogP contribution in [-0.2, 0) is 11.2 Å². The normalized spacial score (nSPS) is 18.6. The van der Waals surface area contributed by atoms with Crippen molar-refractivity contribution in [3.05, 3.63) is 53.6 Å². The number of hydrogen-bond acceptors (Lipinski definition) is 5. The molecule has 0 aliphatic carbocycles. The lowest BCUT2D eigenvalue weighted by atomic mass is 10.1. The van der Waals surface area contributed by atoms with E-state index in [0.717, 1.165) is 5.56 Å². The molecule has 2 aromatic carbocycles. The molecule has 1 amide bonds. The van der Waals surface area contributed by atoms with E-state index in [4.69, 9.17) is 9.47 Å². The van der Waals surface area contributed by atoms with Crippen LogP contribution in [0.1, 0.15) is 16.5 Å². The minimum Gasteiger partial charge on any atom is -0.454 e. The van der Waals surface area contributed by atoms with Crippen molar-refractivity contribution in [1.29, 1.82) is 0 Å². The summed E-state index contributed by atoms with van der Waals surface area (Å²) in [6, 6.07) is 11.4. The zero-order valence-electron chi connectivity index (χ0n) is 14.6. The van der Waals surface area contributed by atoms with Crippen molar-refractivity contribution in [2.75, 3.05) is 19.1 Å². The van der Waals surface area contributed by atoms with Gasteiger partial charge in [-0.1, -0.05) is 18.2 Å². The van der Waals surface area contributed by atoms with Gasteiger partial charge in [-0.05, 0) is 41.8 Å². The Bertz CT molecular complexity index is 890. The van der Waals surface area contributed by atoms with Gasteiger partial charge in [0, 0.05) is 6.54 Å². The maximum absolute atomic E-state index is 12.5. The van der Waals surface area contributed by atoms with Crippen molar-refractivity contribution < 1.29 is 32.2 Å². The molecule has 1 unspecified atom stereocenters. The van der Waals surface area contributed by atoms with Crippen molar-refractivity contribution in [2.45, 2.75) is 18.2 Å². The highest BCUT2D eigenvalue weighted by atomic mass is 32.2. The summed E-state index contributed by atoms with van der Waals surface area (Å²) in [7, 11) is 0. The first-order valence-corrected chi connectivity index (χ1v) is 9.59. The summed E-state index contributed by atoms with van der Waals surface area (Å²) in [5, 5.41) is -0.349. The van der Waals surface area contributed by atoms with Crippen LogP contribution in [-0.4, -0.2) is 36.3 Å². The number of ether oxygens (including phenoxy) is 3. The molecule has 2 heterocycles. The molecule has 5 nitrogen and oxygen atoms in total. The highest BCUT2D eigenvalue weighted by Crippen LogP contribution is 2.40. The molecule has 4 rings (SSSR count). The summed E-state index contributed by atoms with van der Waals surface area (Å²) < 4.78 is 52.1. The van der Waals surface area contributed by atoms with E-state index in [1.165, 1.54) is 30.0 Å². The van der Waals surface area contributed by atoms with E-state index in [-0.39, 0.29) is 29.6 Å². The topological polar surface area (TPSA) is 48.0 Å². The molecule has 1 saturated heterocycles. The third-order valence-corrected chi connectivity index (χ3v) is 5.68. The van der Waals surface area contributed by atoms with Crippen LogP contribution in [0.15, 0.2) is 42.5 Å². The Balaban J connectivity index is 1.47. The molecular formula is C19H16F3NO4S. The van der Waals surface area contributed by atoms with Crippen LogP contribution in [0, 0.1) is 0 Å². The van der Waals surface area contributed by atoms with Gasteiger partial charge in [0.1, 0.15) is 11.1 Å². The van der Waals surface area contributed by atoms with Gasteiger partial charge in [0.25, 0.3) is 0 Å². The molecular weight excluding hydrogens is 395 g/mol. The van der Waals surface area contributed by atoms with E-state index in [1.54, 1.807) is 11.0 Å². The van der Waals surface area contributed by atoms with E-state index in [9.17, 15) is 18.0 Å². The van der Waals surface area contributed by atoms with Crippen LogP contribution in [0.5, 0.6) is 17.2 Å². The first-order chi connectivity index (χ1) is 13.4. The molecule has 0 radical (unpaired) electrons. The van der Waals surface area contributed by atoms with Crippen LogP contribution in [0.25, 0.3) is 0 Å². The summed E-state index contributed by atoms with van der Waals surface area (Å²) in [6.07, 6.45) is -4.16. The van der Waals surface area contributed by atoms with Crippen molar-refractivity contribution in [3.63, 3.8) is 0 Å². The number of alkyl halides is 3. The Labute approximate surface area is 163 Å². The van der Waals surface area contributed by atoms with E-state index in [1.807, 2.05) is 18.2 Å². The van der Waals surface area contributed by atoms with Crippen molar-refractivity contribution in [2.24, 2.45) is 0 Å². The van der Waals surface area contributed by atoms with Gasteiger partial charge in [-0.15, -0.1) is 24.9 Å². The minimum absolute atomic E-state index is 0.0436. The second-order valence-electron chi connectivity index (χ2n) is 6.31. The predicted octanol–water partition coefficient (Wildman–Crippen LogP) is 4.13. The maximum atomic E-state index is 12.5. The summed E-state index contributed by atoms with van der Waals surface area (Å²) in [5.41, 5.74) is 1.59. The standard InChI is InChI=1S/C19H16F3NO4S/c20-19(21,22)27-14-3-1-2-13(9-14)18-23(17(24)10-28-18)7-6-12-4-5-15-16(8-12)26-11-25-15/h1-5,8-9,18H,6-7,10-11H2. The fourth-order valence-corrected chi connectivity index (χ4v) is 4.39. The molecule has 1 fully saturated rings. The van der Waals surface area contributed by atoms with Crippen LogP contribution in [0.2, 0.25) is 0 Å². The molecule has 2 aliphatic rings. The Morgan fingerprint density at radius 3 is 2.79 bits per heavy atom. The van der Waals surface area contributed by atoms with Gasteiger partial charge in [-0.2, -0.15) is 0 Å². The molecule has 0 N–H and O–H groups in total. The maximum Gasteiger partial charge on any atom is 0.573 e. The van der Waals surface area contributed by atoms with Crippen LogP contribution in [0.4, 0.5) is 13.2 Å². The molecule has 9 heteroatoms. The lowest BCUT2D eigenvalue weighted by molar-refractivity contribution is -0.274. The van der Waals surface area contributed by atoms with E-state index < -0.39 is 6.36 Å². The van der Waals surface area contributed by atoms with Gasteiger partial charge in [0.15, 0.2) is 11.5 Å². The number of carbonyl (C=O) groups is 1. The monoisotopic (exact) mass is 411 g/mol. The van der Waals surface area contributed by atoms with Gasteiger partial charge in [0.2, 0.25) is 12.7 Å². The molecule has 2 aromatic rings. The average molecular weight is 411 g/mol. The fraction of sp³-hybridized carbons (Fsp3) is 0.316. The summed E-state index contributed by atoms with van der Waals surface area (Å²) >= 11 is 1.39. The van der Waals surface area contributed by atoms with Crippen LogP contribution >= 0.6 is 11.8 Å².